The van der Waals surface area contributed by atoms with Crippen molar-refractivity contribution in [3.63, 3.8) is 0 Å². The van der Waals surface area contributed by atoms with Gasteiger partial charge in [-0.05, 0) is 29.8 Å². The second kappa shape index (κ2) is 7.44. The van der Waals surface area contributed by atoms with Gasteiger partial charge in [0.1, 0.15) is 11.6 Å². The first-order valence-corrected chi connectivity index (χ1v) is 7.96. The van der Waals surface area contributed by atoms with Crippen molar-refractivity contribution in [3.05, 3.63) is 54.2 Å². The fourth-order valence-corrected chi connectivity index (χ4v) is 2.90. The summed E-state index contributed by atoms with van der Waals surface area (Å²) in [6.45, 7) is 4.36. The Bertz CT molecular complexity index is 613. The molecular weight excluding hydrogens is 290 g/mol. The van der Waals surface area contributed by atoms with E-state index in [1.165, 1.54) is 0 Å². The quantitative estimate of drug-likeness (QED) is 0.914. The molecule has 1 aliphatic heterocycles. The van der Waals surface area contributed by atoms with Gasteiger partial charge >= 0.3 is 0 Å². The highest BCUT2D eigenvalue weighted by molar-refractivity contribution is 5.38. The standard InChI is InChI=1S/C18H23N3O2/c1-23-16-6-4-5-15(13-16)17(22)14-20-9-11-21(12-10-20)18-7-2-3-8-19-18/h2-8,13,17,22H,9-12,14H2,1H3. The summed E-state index contributed by atoms with van der Waals surface area (Å²) < 4.78 is 5.22. The normalized spacial score (nSPS) is 17.0. The first kappa shape index (κ1) is 15.8. The Labute approximate surface area is 137 Å². The molecular formula is C18H23N3O2. The third kappa shape index (κ3) is 4.00. The van der Waals surface area contributed by atoms with E-state index >= 15 is 0 Å². The van der Waals surface area contributed by atoms with Crippen LogP contribution >= 0.6 is 0 Å². The van der Waals surface area contributed by atoms with Gasteiger partial charge < -0.3 is 14.7 Å². The molecule has 5 heteroatoms. The molecule has 0 spiro atoms. The van der Waals surface area contributed by atoms with Crippen molar-refractivity contribution in [2.24, 2.45) is 0 Å². The number of nitrogens with zero attached hydrogens (tertiary/aromatic N) is 3. The number of hydrogen-bond donors (Lipinski definition) is 1. The number of pyridine rings is 1. The Hall–Kier alpha value is -2.11. The number of β-amino-alcohol motifs (C(OH)–C–C–N with tert-alkyl or cyclic N) is 1. The van der Waals surface area contributed by atoms with Gasteiger partial charge in [0.05, 0.1) is 13.2 Å². The Morgan fingerprint density at radius 1 is 1.13 bits per heavy atom. The fraction of sp³-hybridized carbons (Fsp3) is 0.389. The van der Waals surface area contributed by atoms with Crippen LogP contribution in [0.2, 0.25) is 0 Å². The molecule has 1 unspecified atom stereocenters. The van der Waals surface area contributed by atoms with Crippen molar-refractivity contribution < 1.29 is 9.84 Å². The Morgan fingerprint density at radius 2 is 1.96 bits per heavy atom. The Morgan fingerprint density at radius 3 is 2.65 bits per heavy atom. The van der Waals surface area contributed by atoms with Gasteiger partial charge in [0, 0.05) is 38.9 Å². The molecule has 1 aromatic carbocycles. The van der Waals surface area contributed by atoms with E-state index in [1.54, 1.807) is 7.11 Å². The highest BCUT2D eigenvalue weighted by atomic mass is 16.5. The molecule has 1 atom stereocenters. The molecule has 0 aliphatic carbocycles. The molecule has 3 rings (SSSR count). The van der Waals surface area contributed by atoms with E-state index in [0.29, 0.717) is 6.54 Å². The summed E-state index contributed by atoms with van der Waals surface area (Å²) in [6.07, 6.45) is 1.33. The summed E-state index contributed by atoms with van der Waals surface area (Å²) in [5.41, 5.74) is 0.900. The molecule has 1 N–H and O–H groups in total. The maximum Gasteiger partial charge on any atom is 0.128 e. The predicted octanol–water partition coefficient (Wildman–Crippen LogP) is 1.95. The fourth-order valence-electron chi connectivity index (χ4n) is 2.90. The average molecular weight is 313 g/mol. The lowest BCUT2D eigenvalue weighted by molar-refractivity contribution is 0.109. The lowest BCUT2D eigenvalue weighted by Gasteiger charge is -2.36. The second-order valence-corrected chi connectivity index (χ2v) is 5.77. The highest BCUT2D eigenvalue weighted by Gasteiger charge is 2.20. The van der Waals surface area contributed by atoms with Crippen molar-refractivity contribution in [1.29, 1.82) is 0 Å². The van der Waals surface area contributed by atoms with Crippen LogP contribution in [0.1, 0.15) is 11.7 Å². The lowest BCUT2D eigenvalue weighted by Crippen LogP contribution is -2.47. The van der Waals surface area contributed by atoms with Gasteiger partial charge in [-0.1, -0.05) is 18.2 Å². The van der Waals surface area contributed by atoms with Gasteiger partial charge in [-0.25, -0.2) is 4.98 Å². The SMILES string of the molecule is COc1cccc(C(O)CN2CCN(c3ccccn3)CC2)c1. The second-order valence-electron chi connectivity index (χ2n) is 5.77. The van der Waals surface area contributed by atoms with Crippen LogP contribution in [0, 0.1) is 0 Å². The van der Waals surface area contributed by atoms with E-state index in [4.69, 9.17) is 4.74 Å². The third-order valence-electron chi connectivity index (χ3n) is 4.26. The summed E-state index contributed by atoms with van der Waals surface area (Å²) in [6, 6.07) is 13.6. The van der Waals surface area contributed by atoms with Crippen LogP contribution in [0.3, 0.4) is 0 Å². The van der Waals surface area contributed by atoms with Gasteiger partial charge in [0.25, 0.3) is 0 Å². The van der Waals surface area contributed by atoms with E-state index in [1.807, 2.05) is 48.7 Å². The highest BCUT2D eigenvalue weighted by Crippen LogP contribution is 2.21. The van der Waals surface area contributed by atoms with Crippen LogP contribution in [0.4, 0.5) is 5.82 Å². The van der Waals surface area contributed by atoms with Gasteiger partial charge in [-0.15, -0.1) is 0 Å². The van der Waals surface area contributed by atoms with Gasteiger partial charge in [-0.2, -0.15) is 0 Å². The number of benzene rings is 1. The number of aromatic nitrogens is 1. The largest absolute Gasteiger partial charge is 0.497 e. The predicted molar refractivity (Wildman–Crippen MR) is 90.8 cm³/mol. The molecule has 23 heavy (non-hydrogen) atoms. The number of rotatable bonds is 5. The van der Waals surface area contributed by atoms with Crippen LogP contribution < -0.4 is 9.64 Å². The molecule has 0 amide bonds. The van der Waals surface area contributed by atoms with Gasteiger partial charge in [0.15, 0.2) is 0 Å². The van der Waals surface area contributed by atoms with Crippen LogP contribution in [-0.2, 0) is 0 Å². The zero-order chi connectivity index (χ0) is 16.1. The molecule has 1 saturated heterocycles. The van der Waals surface area contributed by atoms with Gasteiger partial charge in [0.2, 0.25) is 0 Å². The molecule has 0 saturated carbocycles. The minimum atomic E-state index is -0.494. The van der Waals surface area contributed by atoms with Crippen LogP contribution in [-0.4, -0.2) is 54.8 Å². The number of ether oxygens (including phenoxy) is 1. The average Bonchev–Trinajstić information content (AvgIpc) is 2.63. The number of aliphatic hydroxyl groups is 1. The van der Waals surface area contributed by atoms with E-state index in [-0.39, 0.29) is 0 Å². The molecule has 1 aliphatic rings. The summed E-state index contributed by atoms with van der Waals surface area (Å²) >= 11 is 0. The zero-order valence-corrected chi connectivity index (χ0v) is 13.4. The summed E-state index contributed by atoms with van der Waals surface area (Å²) in [7, 11) is 1.64. The van der Waals surface area contributed by atoms with Crippen molar-refractivity contribution in [2.75, 3.05) is 44.7 Å². The Balaban J connectivity index is 1.54. The smallest absolute Gasteiger partial charge is 0.128 e. The van der Waals surface area contributed by atoms with E-state index in [0.717, 1.165) is 43.3 Å². The molecule has 5 nitrogen and oxygen atoms in total. The number of methoxy groups -OCH3 is 1. The van der Waals surface area contributed by atoms with Crippen LogP contribution in [0.5, 0.6) is 5.75 Å². The number of hydrogen-bond acceptors (Lipinski definition) is 5. The van der Waals surface area contributed by atoms with Crippen molar-refractivity contribution in [2.45, 2.75) is 6.10 Å². The van der Waals surface area contributed by atoms with Crippen LogP contribution in [0.25, 0.3) is 0 Å². The van der Waals surface area contributed by atoms with Crippen molar-refractivity contribution in [1.82, 2.24) is 9.88 Å². The van der Waals surface area contributed by atoms with E-state index < -0.39 is 6.10 Å². The van der Waals surface area contributed by atoms with Crippen LogP contribution in [0.15, 0.2) is 48.7 Å². The van der Waals surface area contributed by atoms with E-state index in [9.17, 15) is 5.11 Å². The minimum absolute atomic E-state index is 0.494. The first-order chi connectivity index (χ1) is 11.3. The van der Waals surface area contributed by atoms with E-state index in [2.05, 4.69) is 14.8 Å². The molecule has 0 bridgehead atoms. The minimum Gasteiger partial charge on any atom is -0.497 e. The third-order valence-corrected chi connectivity index (χ3v) is 4.26. The summed E-state index contributed by atoms with van der Waals surface area (Å²) in [5.74, 6) is 1.81. The molecule has 122 valence electrons. The summed E-state index contributed by atoms with van der Waals surface area (Å²) in [4.78, 5) is 8.98. The molecule has 1 fully saturated rings. The zero-order valence-electron chi connectivity index (χ0n) is 13.4. The van der Waals surface area contributed by atoms with Crippen molar-refractivity contribution in [3.8, 4) is 5.75 Å². The number of aliphatic hydroxyl groups excluding tert-OH is 1. The molecule has 2 aromatic rings. The monoisotopic (exact) mass is 313 g/mol. The number of piperazine rings is 1. The van der Waals surface area contributed by atoms with Gasteiger partial charge in [-0.3, -0.25) is 4.90 Å². The lowest BCUT2D eigenvalue weighted by atomic mass is 10.1. The number of anilines is 1. The maximum absolute atomic E-state index is 10.5. The first-order valence-electron chi connectivity index (χ1n) is 7.96. The maximum atomic E-state index is 10.5. The molecule has 2 heterocycles. The molecule has 1 aromatic heterocycles. The molecule has 0 radical (unpaired) electrons. The van der Waals surface area contributed by atoms with Crippen molar-refractivity contribution >= 4 is 5.82 Å². The topological polar surface area (TPSA) is 48.8 Å². The summed E-state index contributed by atoms with van der Waals surface area (Å²) in [5, 5.41) is 10.5. The Kier molecular flexibility index (Phi) is 5.10.